The zero-order valence-electron chi connectivity index (χ0n) is 16.7. The van der Waals surface area contributed by atoms with Crippen LogP contribution >= 0.6 is 0 Å². The van der Waals surface area contributed by atoms with Crippen LogP contribution in [0.5, 0.6) is 0 Å². The number of carbonyl (C=O) groups excluding carboxylic acids is 2. The number of nitrogens with two attached hydrogens (primary N) is 1. The van der Waals surface area contributed by atoms with E-state index in [4.69, 9.17) is 5.73 Å². The van der Waals surface area contributed by atoms with Crippen LogP contribution in [0.25, 0.3) is 0 Å². The predicted molar refractivity (Wildman–Crippen MR) is 110 cm³/mol. The van der Waals surface area contributed by atoms with Gasteiger partial charge in [0.15, 0.2) is 5.82 Å². The first kappa shape index (κ1) is 19.3. The van der Waals surface area contributed by atoms with Gasteiger partial charge in [-0.3, -0.25) is 9.89 Å². The Kier molecular flexibility index (Phi) is 5.17. The van der Waals surface area contributed by atoms with Crippen molar-refractivity contribution in [2.24, 2.45) is 5.73 Å². The summed E-state index contributed by atoms with van der Waals surface area (Å²) >= 11 is 0. The van der Waals surface area contributed by atoms with Gasteiger partial charge in [-0.2, -0.15) is 5.10 Å². The number of nitrogens with one attached hydrogen (secondary N) is 2. The molecular weight excluding hydrogens is 368 g/mol. The predicted octanol–water partition coefficient (Wildman–Crippen LogP) is 1.91. The number of H-pyrrole nitrogens is 1. The first-order valence-corrected chi connectivity index (χ1v) is 10.1. The molecule has 1 saturated carbocycles. The van der Waals surface area contributed by atoms with Crippen molar-refractivity contribution in [1.29, 1.82) is 0 Å². The second-order valence-corrected chi connectivity index (χ2v) is 8.24. The van der Waals surface area contributed by atoms with Gasteiger partial charge in [0.25, 0.3) is 0 Å². The van der Waals surface area contributed by atoms with Gasteiger partial charge in [0.1, 0.15) is 0 Å². The van der Waals surface area contributed by atoms with Crippen LogP contribution in [0.4, 0.5) is 10.6 Å². The first-order chi connectivity index (χ1) is 13.9. The van der Waals surface area contributed by atoms with Gasteiger partial charge in [0.2, 0.25) is 5.91 Å². The quantitative estimate of drug-likeness (QED) is 0.693. The van der Waals surface area contributed by atoms with Crippen molar-refractivity contribution >= 4 is 17.8 Å². The number of hydrogen-bond donors (Lipinski definition) is 3. The number of rotatable bonds is 6. The summed E-state index contributed by atoms with van der Waals surface area (Å²) in [6.45, 7) is 5.01. The highest BCUT2D eigenvalue weighted by atomic mass is 16.2. The molecule has 154 valence electrons. The van der Waals surface area contributed by atoms with Gasteiger partial charge in [-0.05, 0) is 18.4 Å². The lowest BCUT2D eigenvalue weighted by Gasteiger charge is -2.35. The number of carbonyl (C=O) groups is 2. The molecule has 1 saturated heterocycles. The Morgan fingerprint density at radius 2 is 1.90 bits per heavy atom. The van der Waals surface area contributed by atoms with E-state index in [1.165, 1.54) is 18.5 Å². The summed E-state index contributed by atoms with van der Waals surface area (Å²) in [5, 5.41) is 10.3. The lowest BCUT2D eigenvalue weighted by atomic mass is 10.0. The first-order valence-electron chi connectivity index (χ1n) is 10.1. The molecule has 0 spiro atoms. The maximum Gasteiger partial charge on any atom is 0.312 e. The van der Waals surface area contributed by atoms with Crippen molar-refractivity contribution in [3.63, 3.8) is 0 Å². The van der Waals surface area contributed by atoms with Crippen molar-refractivity contribution in [1.82, 2.24) is 20.4 Å². The summed E-state index contributed by atoms with van der Waals surface area (Å²) in [5.74, 6) is 0.971. The van der Waals surface area contributed by atoms with Crippen LogP contribution in [-0.2, 0) is 10.2 Å². The second kappa shape index (κ2) is 7.77. The molecule has 0 radical (unpaired) electrons. The third-order valence-corrected chi connectivity index (χ3v) is 6.07. The third kappa shape index (κ3) is 4.36. The molecule has 2 heterocycles. The number of aromatic amines is 1. The smallest absolute Gasteiger partial charge is 0.312 e. The van der Waals surface area contributed by atoms with E-state index in [1.54, 1.807) is 0 Å². The van der Waals surface area contributed by atoms with E-state index in [-0.39, 0.29) is 17.7 Å². The van der Waals surface area contributed by atoms with Gasteiger partial charge in [-0.25, -0.2) is 4.79 Å². The fraction of sp³-hybridized carbons (Fsp3) is 0.476. The van der Waals surface area contributed by atoms with Gasteiger partial charge >= 0.3 is 6.03 Å². The molecule has 1 aliphatic heterocycles. The van der Waals surface area contributed by atoms with Gasteiger partial charge in [0.05, 0.1) is 12.5 Å². The van der Waals surface area contributed by atoms with Crippen LogP contribution in [0.3, 0.4) is 0 Å². The minimum Gasteiger partial charge on any atom is -0.352 e. The molecule has 4 rings (SSSR count). The van der Waals surface area contributed by atoms with Crippen LogP contribution in [0.15, 0.2) is 36.4 Å². The zero-order valence-corrected chi connectivity index (χ0v) is 16.7. The fourth-order valence-corrected chi connectivity index (χ4v) is 3.84. The summed E-state index contributed by atoms with van der Waals surface area (Å²) in [7, 11) is 0. The van der Waals surface area contributed by atoms with E-state index < -0.39 is 12.1 Å². The van der Waals surface area contributed by atoms with Gasteiger partial charge < -0.3 is 20.9 Å². The topological polar surface area (TPSA) is 107 Å². The molecular formula is C21H28N6O2. The van der Waals surface area contributed by atoms with Crippen molar-refractivity contribution in [3.8, 4) is 0 Å². The fourth-order valence-electron chi connectivity index (χ4n) is 3.84. The molecule has 4 N–H and O–H groups in total. The van der Waals surface area contributed by atoms with Crippen LogP contribution in [0.2, 0.25) is 0 Å². The molecule has 8 heteroatoms. The van der Waals surface area contributed by atoms with E-state index in [0.29, 0.717) is 13.1 Å². The van der Waals surface area contributed by atoms with E-state index >= 15 is 0 Å². The highest BCUT2D eigenvalue weighted by Crippen LogP contribution is 2.47. The Hall–Kier alpha value is -3.03. The van der Waals surface area contributed by atoms with Gasteiger partial charge in [-0.15, -0.1) is 0 Å². The Balaban J connectivity index is 1.34. The standard InChI is InChI=1S/C21H28N6O2/c1-21(7-8-21)17-14-18(25-24-17)26-9-11-27(12-10-26)19(28)13-16(23-20(22)29)15-5-3-2-4-6-15/h2-6,14,16H,7-13H2,1H3,(H,24,25)(H3,22,23,29). The van der Waals surface area contributed by atoms with E-state index in [2.05, 4.69) is 33.4 Å². The highest BCUT2D eigenvalue weighted by Gasteiger charge is 2.41. The number of urea groups is 1. The molecule has 1 unspecified atom stereocenters. The Bertz CT molecular complexity index is 868. The van der Waals surface area contributed by atoms with E-state index in [9.17, 15) is 9.59 Å². The summed E-state index contributed by atoms with van der Waals surface area (Å²) < 4.78 is 0. The number of anilines is 1. The van der Waals surface area contributed by atoms with Crippen molar-refractivity contribution in [2.45, 2.75) is 37.6 Å². The minimum atomic E-state index is -0.629. The molecule has 29 heavy (non-hydrogen) atoms. The Morgan fingerprint density at radius 3 is 2.52 bits per heavy atom. The third-order valence-electron chi connectivity index (χ3n) is 6.07. The van der Waals surface area contributed by atoms with Crippen LogP contribution in [0.1, 0.15) is 43.5 Å². The number of primary amides is 1. The van der Waals surface area contributed by atoms with Crippen LogP contribution in [0, 0.1) is 0 Å². The Labute approximate surface area is 170 Å². The molecule has 3 amide bonds. The summed E-state index contributed by atoms with van der Waals surface area (Å²) in [6, 6.07) is 10.5. The maximum atomic E-state index is 12.8. The largest absolute Gasteiger partial charge is 0.352 e. The summed E-state index contributed by atoms with van der Waals surface area (Å²) in [4.78, 5) is 28.3. The van der Waals surface area contributed by atoms with Crippen LogP contribution < -0.4 is 16.0 Å². The second-order valence-electron chi connectivity index (χ2n) is 8.24. The minimum absolute atomic E-state index is 0.0143. The number of nitrogens with zero attached hydrogens (tertiary/aromatic N) is 3. The van der Waals surface area contributed by atoms with Gasteiger partial charge in [0, 0.05) is 43.4 Å². The average molecular weight is 396 g/mol. The SMILES string of the molecule is CC1(c2cc(N3CCN(C(=O)CC(NC(N)=O)c4ccccc4)CC3)n[nH]2)CC1. The number of amides is 3. The molecule has 2 fully saturated rings. The maximum absolute atomic E-state index is 12.8. The lowest BCUT2D eigenvalue weighted by Crippen LogP contribution is -2.49. The summed E-state index contributed by atoms with van der Waals surface area (Å²) in [5.41, 5.74) is 7.65. The Morgan fingerprint density at radius 1 is 1.21 bits per heavy atom. The number of piperazine rings is 1. The zero-order chi connectivity index (χ0) is 20.4. The van der Waals surface area contributed by atoms with E-state index in [1.807, 2.05) is 35.2 Å². The molecule has 1 aromatic heterocycles. The number of benzene rings is 1. The molecule has 0 bridgehead atoms. The molecule has 1 atom stereocenters. The normalized spacial score (nSPS) is 18.9. The highest BCUT2D eigenvalue weighted by molar-refractivity contribution is 5.79. The lowest BCUT2D eigenvalue weighted by molar-refractivity contribution is -0.132. The molecule has 8 nitrogen and oxygen atoms in total. The molecule has 2 aliphatic rings. The summed E-state index contributed by atoms with van der Waals surface area (Å²) in [6.07, 6.45) is 2.61. The van der Waals surface area contributed by atoms with Crippen molar-refractivity contribution in [2.75, 3.05) is 31.1 Å². The molecule has 1 aromatic carbocycles. The molecule has 2 aromatic rings. The number of hydrogen-bond acceptors (Lipinski definition) is 4. The molecule has 1 aliphatic carbocycles. The van der Waals surface area contributed by atoms with Crippen molar-refractivity contribution in [3.05, 3.63) is 47.7 Å². The average Bonchev–Trinajstić information content (AvgIpc) is 3.27. The van der Waals surface area contributed by atoms with E-state index in [0.717, 1.165) is 24.5 Å². The van der Waals surface area contributed by atoms with Crippen LogP contribution in [-0.4, -0.2) is 53.2 Å². The van der Waals surface area contributed by atoms with Gasteiger partial charge in [-0.1, -0.05) is 37.3 Å². The monoisotopic (exact) mass is 396 g/mol. The number of aromatic nitrogens is 2. The van der Waals surface area contributed by atoms with Crippen molar-refractivity contribution < 1.29 is 9.59 Å².